The number of rotatable bonds is 4. The summed E-state index contributed by atoms with van der Waals surface area (Å²) in [6, 6.07) is 0.353. The van der Waals surface area contributed by atoms with E-state index in [1.54, 1.807) is 0 Å². The molecule has 1 heteroatoms. The molecular weight excluding hydrogens is 208 g/mol. The third-order valence-corrected chi connectivity index (χ3v) is 3.72. The summed E-state index contributed by atoms with van der Waals surface area (Å²) >= 11 is 0. The smallest absolute Gasteiger partial charge is 0.163 e. The molecule has 0 saturated heterocycles. The van der Waals surface area contributed by atoms with Crippen LogP contribution >= 0.6 is 0 Å². The molecule has 0 radical (unpaired) electrons. The van der Waals surface area contributed by atoms with E-state index in [2.05, 4.69) is 20.4 Å². The molecule has 0 heterocycles. The lowest BCUT2D eigenvalue weighted by Crippen LogP contribution is -2.10. The fourth-order valence-corrected chi connectivity index (χ4v) is 2.29. The highest BCUT2D eigenvalue weighted by molar-refractivity contribution is 5.99. The largest absolute Gasteiger partial charge is 0.294 e. The Labute approximate surface area is 106 Å². The molecule has 0 saturated carbocycles. The second-order valence-corrected chi connectivity index (χ2v) is 4.56. The highest BCUT2D eigenvalue weighted by Gasteiger charge is 2.18. The van der Waals surface area contributed by atoms with Gasteiger partial charge < -0.3 is 0 Å². The number of carbonyl (C=O) groups excluding carboxylic acids is 1. The lowest BCUT2D eigenvalue weighted by molar-refractivity contribution is 0.0986. The van der Waals surface area contributed by atoms with E-state index in [1.807, 2.05) is 20.8 Å². The number of hydrogen-bond acceptors (Lipinski definition) is 1. The van der Waals surface area contributed by atoms with E-state index in [4.69, 9.17) is 1.37 Å². The first-order valence-electron chi connectivity index (χ1n) is 6.58. The summed E-state index contributed by atoms with van der Waals surface area (Å²) in [7, 11) is 0. The van der Waals surface area contributed by atoms with Crippen LogP contribution in [0.1, 0.15) is 52.9 Å². The Morgan fingerprint density at radius 2 is 1.71 bits per heavy atom. The third-order valence-electron chi connectivity index (χ3n) is 3.72. The molecule has 0 amide bonds. The second kappa shape index (κ2) is 5.31. The minimum atomic E-state index is 0.162. The molecule has 0 atom stereocenters. The first kappa shape index (κ1) is 12.1. The molecule has 0 N–H and O–H groups in total. The molecule has 1 rings (SSSR count). The maximum atomic E-state index is 12.2. The maximum Gasteiger partial charge on any atom is 0.163 e. The standard InChI is InChI=1S/C16H22O/c1-7-9-14-12(5)10(3)11(4)13(6)16(14)15(17)8-2/h7H,1,8-9H2,2-6H3/i7T. The summed E-state index contributed by atoms with van der Waals surface area (Å²) in [6.45, 7) is 13.7. The molecule has 0 aliphatic rings. The van der Waals surface area contributed by atoms with Crippen LogP contribution in [-0.4, -0.2) is 5.78 Å². The number of allylic oxidation sites excluding steroid dienone is 1. The summed E-state index contributed by atoms with van der Waals surface area (Å²) in [5, 5.41) is 0. The van der Waals surface area contributed by atoms with Crippen molar-refractivity contribution in [2.45, 2.75) is 47.5 Å². The number of carbonyl (C=O) groups is 1. The molecule has 17 heavy (non-hydrogen) atoms. The fourth-order valence-electron chi connectivity index (χ4n) is 2.29. The highest BCUT2D eigenvalue weighted by Crippen LogP contribution is 2.28. The quantitative estimate of drug-likeness (QED) is 0.560. The lowest BCUT2D eigenvalue weighted by atomic mass is 9.85. The van der Waals surface area contributed by atoms with Gasteiger partial charge in [0.05, 0.1) is 1.37 Å². The molecule has 0 unspecified atom stereocenters. The number of Topliss-reactive ketones (excluding diaryl/α,β-unsaturated/α-hetero) is 1. The minimum Gasteiger partial charge on any atom is -0.294 e. The molecular formula is C16H22O. The van der Waals surface area contributed by atoms with Crippen molar-refractivity contribution in [2.24, 2.45) is 0 Å². The summed E-state index contributed by atoms with van der Waals surface area (Å²) in [4.78, 5) is 12.2. The van der Waals surface area contributed by atoms with Crippen LogP contribution in [0.25, 0.3) is 0 Å². The molecule has 0 bridgehead atoms. The number of hydrogen-bond donors (Lipinski definition) is 0. The Bertz CT molecular complexity index is 513. The van der Waals surface area contributed by atoms with Gasteiger partial charge in [-0.3, -0.25) is 4.79 Å². The number of benzene rings is 1. The average Bonchev–Trinajstić information content (AvgIpc) is 2.32. The van der Waals surface area contributed by atoms with Crippen LogP contribution in [0.5, 0.6) is 0 Å². The fraction of sp³-hybridized carbons (Fsp3) is 0.438. The highest BCUT2D eigenvalue weighted by atomic mass is 16.1. The van der Waals surface area contributed by atoms with Gasteiger partial charge in [0, 0.05) is 12.0 Å². The first-order chi connectivity index (χ1) is 8.31. The maximum absolute atomic E-state index is 12.2. The monoisotopic (exact) mass is 232 g/mol. The first-order valence-corrected chi connectivity index (χ1v) is 6.08. The third kappa shape index (κ3) is 2.33. The Kier molecular flexibility index (Phi) is 3.78. The number of ketones is 1. The van der Waals surface area contributed by atoms with E-state index in [0.717, 1.165) is 22.3 Å². The van der Waals surface area contributed by atoms with Crippen molar-refractivity contribution in [1.82, 2.24) is 0 Å². The summed E-state index contributed by atoms with van der Waals surface area (Å²) in [5.41, 5.74) is 6.39. The van der Waals surface area contributed by atoms with Gasteiger partial charge in [0.25, 0.3) is 0 Å². The molecule has 1 aromatic carbocycles. The molecule has 0 spiro atoms. The van der Waals surface area contributed by atoms with Gasteiger partial charge in [0.15, 0.2) is 5.78 Å². The molecule has 1 aromatic rings. The SMILES string of the molecule is [3H]C(=C)Cc1c(C)c(C)c(C)c(C)c1C(=O)CC. The van der Waals surface area contributed by atoms with Crippen LogP contribution in [-0.2, 0) is 6.42 Å². The van der Waals surface area contributed by atoms with Crippen molar-refractivity contribution < 1.29 is 6.17 Å². The Balaban J connectivity index is 3.63. The normalized spacial score (nSPS) is 11.2. The summed E-state index contributed by atoms with van der Waals surface area (Å²) in [6.07, 6.45) is 0.967. The molecule has 0 fully saturated rings. The van der Waals surface area contributed by atoms with Gasteiger partial charge in [-0.15, -0.1) is 6.58 Å². The van der Waals surface area contributed by atoms with Gasteiger partial charge in [-0.25, -0.2) is 0 Å². The predicted octanol–water partition coefficient (Wildman–Crippen LogP) is 4.24. The van der Waals surface area contributed by atoms with Crippen molar-refractivity contribution in [2.75, 3.05) is 0 Å². The molecule has 1 nitrogen and oxygen atoms in total. The van der Waals surface area contributed by atoms with Gasteiger partial charge in [0.1, 0.15) is 0 Å². The summed E-state index contributed by atoms with van der Waals surface area (Å²) in [5.74, 6) is 0.162. The Hall–Kier alpha value is -1.37. The van der Waals surface area contributed by atoms with E-state index >= 15 is 0 Å². The van der Waals surface area contributed by atoms with E-state index < -0.39 is 0 Å². The Morgan fingerprint density at radius 1 is 1.18 bits per heavy atom. The van der Waals surface area contributed by atoms with Crippen LogP contribution in [0, 0.1) is 27.7 Å². The zero-order chi connectivity index (χ0) is 14.0. The molecule has 0 aromatic heterocycles. The zero-order valence-corrected chi connectivity index (χ0v) is 11.5. The van der Waals surface area contributed by atoms with Crippen LogP contribution in [0.15, 0.2) is 12.6 Å². The van der Waals surface area contributed by atoms with Crippen LogP contribution in [0.2, 0.25) is 0 Å². The van der Waals surface area contributed by atoms with Crippen molar-refractivity contribution in [3.8, 4) is 0 Å². The van der Waals surface area contributed by atoms with E-state index in [1.165, 1.54) is 11.1 Å². The minimum absolute atomic E-state index is 0.162. The van der Waals surface area contributed by atoms with Gasteiger partial charge in [0.2, 0.25) is 0 Å². The average molecular weight is 232 g/mol. The predicted molar refractivity (Wildman–Crippen MR) is 73.9 cm³/mol. The van der Waals surface area contributed by atoms with E-state index in [-0.39, 0.29) is 5.78 Å². The topological polar surface area (TPSA) is 17.1 Å². The zero-order valence-electron chi connectivity index (χ0n) is 12.5. The van der Waals surface area contributed by atoms with Gasteiger partial charge in [-0.1, -0.05) is 13.0 Å². The molecule has 92 valence electrons. The van der Waals surface area contributed by atoms with Crippen molar-refractivity contribution in [3.63, 3.8) is 0 Å². The van der Waals surface area contributed by atoms with E-state index in [9.17, 15) is 4.79 Å². The lowest BCUT2D eigenvalue weighted by Gasteiger charge is -2.19. The van der Waals surface area contributed by atoms with Crippen molar-refractivity contribution in [1.29, 1.82) is 0 Å². The van der Waals surface area contributed by atoms with E-state index in [0.29, 0.717) is 18.9 Å². The van der Waals surface area contributed by atoms with Crippen LogP contribution in [0.4, 0.5) is 0 Å². The van der Waals surface area contributed by atoms with Gasteiger partial charge in [-0.2, -0.15) is 0 Å². The van der Waals surface area contributed by atoms with Crippen molar-refractivity contribution >= 4 is 5.78 Å². The van der Waals surface area contributed by atoms with Crippen LogP contribution < -0.4 is 0 Å². The summed E-state index contributed by atoms with van der Waals surface area (Å²) < 4.78 is 7.60. The van der Waals surface area contributed by atoms with Crippen molar-refractivity contribution in [3.05, 3.63) is 46.0 Å². The molecule has 0 aliphatic heterocycles. The van der Waals surface area contributed by atoms with Gasteiger partial charge >= 0.3 is 0 Å². The van der Waals surface area contributed by atoms with Crippen LogP contribution in [0.3, 0.4) is 0 Å². The van der Waals surface area contributed by atoms with Gasteiger partial charge in [-0.05, 0) is 61.9 Å². The Morgan fingerprint density at radius 3 is 2.18 bits per heavy atom. The molecule has 0 aliphatic carbocycles. The second-order valence-electron chi connectivity index (χ2n) is 4.56.